The van der Waals surface area contributed by atoms with E-state index in [1.807, 2.05) is 60.7 Å². The zero-order valence-electron chi connectivity index (χ0n) is 16.2. The fraction of sp³-hybridized carbons (Fsp3) is 0.174. The highest BCUT2D eigenvalue weighted by atomic mass is 32.2. The SMILES string of the molecule is CNS(=O)(=O)c1ccc(CCC(=O)NC(c2ccccc2)c2ccccc2)cc1. The van der Waals surface area contributed by atoms with Gasteiger partial charge in [0, 0.05) is 6.42 Å². The van der Waals surface area contributed by atoms with Crippen molar-refractivity contribution in [1.29, 1.82) is 0 Å². The van der Waals surface area contributed by atoms with Gasteiger partial charge < -0.3 is 5.32 Å². The molecule has 3 rings (SSSR count). The van der Waals surface area contributed by atoms with Crippen LogP contribution in [0.5, 0.6) is 0 Å². The fourth-order valence-electron chi connectivity index (χ4n) is 3.09. The number of benzene rings is 3. The summed E-state index contributed by atoms with van der Waals surface area (Å²) >= 11 is 0. The number of carbonyl (C=O) groups excluding carboxylic acids is 1. The highest BCUT2D eigenvalue weighted by molar-refractivity contribution is 7.89. The van der Waals surface area contributed by atoms with Crippen LogP contribution in [0.25, 0.3) is 0 Å². The second kappa shape index (κ2) is 9.49. The molecule has 0 atom stereocenters. The van der Waals surface area contributed by atoms with Gasteiger partial charge in [-0.2, -0.15) is 0 Å². The second-order valence-corrected chi connectivity index (χ2v) is 8.56. The summed E-state index contributed by atoms with van der Waals surface area (Å²) in [4.78, 5) is 12.8. The van der Waals surface area contributed by atoms with E-state index in [-0.39, 0.29) is 16.8 Å². The molecule has 0 aliphatic carbocycles. The topological polar surface area (TPSA) is 75.3 Å². The lowest BCUT2D eigenvalue weighted by molar-refractivity contribution is -0.121. The molecule has 0 bridgehead atoms. The molecular formula is C23H24N2O3S. The molecule has 29 heavy (non-hydrogen) atoms. The molecule has 0 radical (unpaired) electrons. The summed E-state index contributed by atoms with van der Waals surface area (Å²) in [7, 11) is -2.07. The van der Waals surface area contributed by atoms with Gasteiger partial charge in [0.25, 0.3) is 0 Å². The predicted octanol–water partition coefficient (Wildman–Crippen LogP) is 3.43. The third-order valence-electron chi connectivity index (χ3n) is 4.71. The monoisotopic (exact) mass is 408 g/mol. The molecule has 0 saturated heterocycles. The van der Waals surface area contributed by atoms with Crippen molar-refractivity contribution in [3.8, 4) is 0 Å². The van der Waals surface area contributed by atoms with E-state index in [1.54, 1.807) is 24.3 Å². The molecule has 2 N–H and O–H groups in total. The van der Waals surface area contributed by atoms with Gasteiger partial charge in [-0.1, -0.05) is 72.8 Å². The Labute approximate surface area is 171 Å². The number of rotatable bonds is 8. The summed E-state index contributed by atoms with van der Waals surface area (Å²) in [5.74, 6) is -0.0605. The van der Waals surface area contributed by atoms with Crippen LogP contribution >= 0.6 is 0 Å². The summed E-state index contributed by atoms with van der Waals surface area (Å²) in [5.41, 5.74) is 2.95. The number of hydrogen-bond acceptors (Lipinski definition) is 3. The molecule has 150 valence electrons. The third-order valence-corrected chi connectivity index (χ3v) is 6.14. The van der Waals surface area contributed by atoms with E-state index >= 15 is 0 Å². The van der Waals surface area contributed by atoms with Crippen molar-refractivity contribution in [2.24, 2.45) is 0 Å². The van der Waals surface area contributed by atoms with E-state index in [1.165, 1.54) is 7.05 Å². The molecule has 3 aromatic carbocycles. The minimum absolute atomic E-state index is 0.0605. The maximum absolute atomic E-state index is 12.6. The molecular weight excluding hydrogens is 384 g/mol. The molecule has 0 fully saturated rings. The van der Waals surface area contributed by atoms with Gasteiger partial charge in [0.2, 0.25) is 15.9 Å². The molecule has 0 spiro atoms. The summed E-state index contributed by atoms with van der Waals surface area (Å²) < 4.78 is 25.9. The summed E-state index contributed by atoms with van der Waals surface area (Å²) in [6, 6.07) is 26.1. The second-order valence-electron chi connectivity index (χ2n) is 6.67. The normalized spacial score (nSPS) is 11.4. The highest BCUT2D eigenvalue weighted by Crippen LogP contribution is 2.22. The summed E-state index contributed by atoms with van der Waals surface area (Å²) in [6.07, 6.45) is 0.844. The lowest BCUT2D eigenvalue weighted by Crippen LogP contribution is -2.29. The van der Waals surface area contributed by atoms with Crippen LogP contribution in [0.1, 0.15) is 29.2 Å². The Morgan fingerprint density at radius 2 is 1.34 bits per heavy atom. The van der Waals surface area contributed by atoms with Gasteiger partial charge in [0.1, 0.15) is 0 Å². The lowest BCUT2D eigenvalue weighted by Gasteiger charge is -2.20. The minimum atomic E-state index is -3.45. The van der Waals surface area contributed by atoms with Crippen LogP contribution in [0, 0.1) is 0 Å². The number of carbonyl (C=O) groups is 1. The average Bonchev–Trinajstić information content (AvgIpc) is 2.77. The first-order valence-corrected chi connectivity index (χ1v) is 10.9. The molecule has 3 aromatic rings. The Hall–Kier alpha value is -2.96. The fourth-order valence-corrected chi connectivity index (χ4v) is 3.82. The van der Waals surface area contributed by atoms with Gasteiger partial charge in [0.05, 0.1) is 10.9 Å². The Morgan fingerprint density at radius 3 is 1.83 bits per heavy atom. The maximum Gasteiger partial charge on any atom is 0.240 e. The first kappa shape index (κ1) is 20.8. The molecule has 0 saturated carbocycles. The van der Waals surface area contributed by atoms with Crippen LogP contribution < -0.4 is 10.0 Å². The molecule has 0 aliphatic heterocycles. The van der Waals surface area contributed by atoms with Gasteiger partial charge in [-0.3, -0.25) is 4.79 Å². The van der Waals surface area contributed by atoms with E-state index in [2.05, 4.69) is 10.0 Å². The number of aryl methyl sites for hydroxylation is 1. The average molecular weight is 409 g/mol. The molecule has 0 heterocycles. The van der Waals surface area contributed by atoms with Crippen molar-refractivity contribution in [3.63, 3.8) is 0 Å². The lowest BCUT2D eigenvalue weighted by atomic mass is 9.98. The van der Waals surface area contributed by atoms with Crippen molar-refractivity contribution in [3.05, 3.63) is 102 Å². The van der Waals surface area contributed by atoms with Gasteiger partial charge in [-0.05, 0) is 42.3 Å². The van der Waals surface area contributed by atoms with Gasteiger partial charge >= 0.3 is 0 Å². The molecule has 0 aromatic heterocycles. The van der Waals surface area contributed by atoms with Crippen LogP contribution in [0.3, 0.4) is 0 Å². The molecule has 0 aliphatic rings. The van der Waals surface area contributed by atoms with Gasteiger partial charge in [-0.25, -0.2) is 13.1 Å². The number of nitrogens with one attached hydrogen (secondary N) is 2. The van der Waals surface area contributed by atoms with Crippen LogP contribution in [-0.4, -0.2) is 21.4 Å². The predicted molar refractivity (Wildman–Crippen MR) is 114 cm³/mol. The minimum Gasteiger partial charge on any atom is -0.345 e. The molecule has 6 heteroatoms. The zero-order chi connectivity index (χ0) is 20.7. The maximum atomic E-state index is 12.6. The molecule has 0 unspecified atom stereocenters. The quantitative estimate of drug-likeness (QED) is 0.600. The number of amides is 1. The highest BCUT2D eigenvalue weighted by Gasteiger charge is 2.16. The van der Waals surface area contributed by atoms with Crippen molar-refractivity contribution in [1.82, 2.24) is 10.0 Å². The van der Waals surface area contributed by atoms with Crippen LogP contribution in [-0.2, 0) is 21.2 Å². The molecule has 5 nitrogen and oxygen atoms in total. The van der Waals surface area contributed by atoms with Crippen LogP contribution in [0.15, 0.2) is 89.8 Å². The van der Waals surface area contributed by atoms with Crippen molar-refractivity contribution >= 4 is 15.9 Å². The Kier molecular flexibility index (Phi) is 6.80. The smallest absolute Gasteiger partial charge is 0.240 e. The Morgan fingerprint density at radius 1 is 0.828 bits per heavy atom. The summed E-state index contributed by atoms with van der Waals surface area (Å²) in [5, 5.41) is 3.12. The third kappa shape index (κ3) is 5.53. The van der Waals surface area contributed by atoms with Gasteiger partial charge in [0.15, 0.2) is 0 Å². The van der Waals surface area contributed by atoms with Gasteiger partial charge in [-0.15, -0.1) is 0 Å². The summed E-state index contributed by atoms with van der Waals surface area (Å²) in [6.45, 7) is 0. The van der Waals surface area contributed by atoms with Crippen LogP contribution in [0.2, 0.25) is 0 Å². The number of sulfonamides is 1. The Balaban J connectivity index is 1.67. The van der Waals surface area contributed by atoms with E-state index in [0.29, 0.717) is 12.8 Å². The zero-order valence-corrected chi connectivity index (χ0v) is 17.0. The van der Waals surface area contributed by atoms with E-state index in [4.69, 9.17) is 0 Å². The van der Waals surface area contributed by atoms with E-state index < -0.39 is 10.0 Å². The van der Waals surface area contributed by atoms with Crippen molar-refractivity contribution in [2.45, 2.75) is 23.8 Å². The first-order chi connectivity index (χ1) is 14.0. The van der Waals surface area contributed by atoms with Crippen molar-refractivity contribution < 1.29 is 13.2 Å². The van der Waals surface area contributed by atoms with E-state index in [9.17, 15) is 13.2 Å². The van der Waals surface area contributed by atoms with Crippen LogP contribution in [0.4, 0.5) is 0 Å². The largest absolute Gasteiger partial charge is 0.345 e. The number of hydrogen-bond donors (Lipinski definition) is 2. The standard InChI is InChI=1S/C23H24N2O3S/c1-24-29(27,28)21-15-12-18(13-16-21)14-17-22(26)25-23(19-8-4-2-5-9-19)20-10-6-3-7-11-20/h2-13,15-16,23-24H,14,17H2,1H3,(H,25,26). The van der Waals surface area contributed by atoms with Crippen molar-refractivity contribution in [2.75, 3.05) is 7.05 Å². The first-order valence-electron chi connectivity index (χ1n) is 9.41. The molecule has 1 amide bonds. The van der Waals surface area contributed by atoms with E-state index in [0.717, 1.165) is 16.7 Å². The Bertz CT molecular complexity index is 995.